The Bertz CT molecular complexity index is 491. The topological polar surface area (TPSA) is 32.3 Å². The maximum Gasteiger partial charge on any atom is 0.321 e. The molecule has 20 heavy (non-hydrogen) atoms. The summed E-state index contributed by atoms with van der Waals surface area (Å²) >= 11 is 6.08. The smallest absolute Gasteiger partial charge is 0.321 e. The number of halogens is 1. The zero-order valence-electron chi connectivity index (χ0n) is 11.6. The minimum absolute atomic E-state index is 0.0119. The maximum atomic E-state index is 12.4. The van der Waals surface area contributed by atoms with Crippen LogP contribution in [-0.4, -0.2) is 24.0 Å². The van der Waals surface area contributed by atoms with Gasteiger partial charge in [-0.15, -0.1) is 0 Å². The summed E-state index contributed by atoms with van der Waals surface area (Å²) in [6.07, 6.45) is 6.47. The number of urea groups is 1. The number of piperidine rings is 1. The fraction of sp³-hybridized carbons (Fsp3) is 0.562. The molecule has 1 aromatic carbocycles. The molecule has 3 nitrogen and oxygen atoms in total. The average Bonchev–Trinajstić information content (AvgIpc) is 2.49. The van der Waals surface area contributed by atoms with Gasteiger partial charge in [0.15, 0.2) is 0 Å². The molecule has 4 heteroatoms. The summed E-state index contributed by atoms with van der Waals surface area (Å²) < 4.78 is 0. The lowest BCUT2D eigenvalue weighted by Gasteiger charge is -2.41. The van der Waals surface area contributed by atoms with Crippen molar-refractivity contribution in [3.63, 3.8) is 0 Å². The Morgan fingerprint density at radius 2 is 1.90 bits per heavy atom. The van der Waals surface area contributed by atoms with E-state index < -0.39 is 0 Å². The lowest BCUT2D eigenvalue weighted by atomic mass is 9.75. The van der Waals surface area contributed by atoms with Gasteiger partial charge in [-0.05, 0) is 36.8 Å². The second-order valence-electron chi connectivity index (χ2n) is 5.95. The molecule has 0 radical (unpaired) electrons. The molecule has 2 fully saturated rings. The van der Waals surface area contributed by atoms with Crippen LogP contribution in [-0.2, 0) is 0 Å². The molecule has 2 amide bonds. The molecule has 1 N–H and O–H groups in total. The van der Waals surface area contributed by atoms with Gasteiger partial charge in [-0.2, -0.15) is 0 Å². The first-order chi connectivity index (χ1) is 9.74. The molecule has 1 heterocycles. The fourth-order valence-electron chi connectivity index (χ4n) is 3.54. The number of carbonyl (C=O) groups is 1. The van der Waals surface area contributed by atoms with Gasteiger partial charge >= 0.3 is 6.03 Å². The number of likely N-dealkylation sites (tertiary alicyclic amines) is 1. The number of amides is 2. The Morgan fingerprint density at radius 1 is 1.15 bits per heavy atom. The first kappa shape index (κ1) is 13.7. The van der Waals surface area contributed by atoms with Crippen LogP contribution >= 0.6 is 11.6 Å². The van der Waals surface area contributed by atoms with Crippen molar-refractivity contribution in [2.24, 2.45) is 11.8 Å². The number of hydrogen-bond donors (Lipinski definition) is 1. The van der Waals surface area contributed by atoms with Crippen LogP contribution in [0.1, 0.15) is 32.1 Å². The number of nitrogens with one attached hydrogen (secondary N) is 1. The van der Waals surface area contributed by atoms with E-state index in [-0.39, 0.29) is 6.03 Å². The molecule has 2 atom stereocenters. The molecule has 2 aliphatic rings. The minimum atomic E-state index is -0.0119. The predicted molar refractivity (Wildman–Crippen MR) is 82.1 cm³/mol. The Morgan fingerprint density at radius 3 is 2.70 bits per heavy atom. The molecule has 0 spiro atoms. The lowest BCUT2D eigenvalue weighted by Crippen LogP contribution is -2.46. The molecule has 108 valence electrons. The van der Waals surface area contributed by atoms with E-state index >= 15 is 0 Å². The van der Waals surface area contributed by atoms with Crippen molar-refractivity contribution < 1.29 is 4.79 Å². The molecule has 1 saturated heterocycles. The second kappa shape index (κ2) is 6.04. The monoisotopic (exact) mass is 292 g/mol. The van der Waals surface area contributed by atoms with Crippen LogP contribution in [0.4, 0.5) is 10.5 Å². The Labute approximate surface area is 125 Å². The normalized spacial score (nSPS) is 25.9. The van der Waals surface area contributed by atoms with Crippen molar-refractivity contribution in [1.29, 1.82) is 0 Å². The van der Waals surface area contributed by atoms with Crippen LogP contribution in [0.5, 0.6) is 0 Å². The van der Waals surface area contributed by atoms with Gasteiger partial charge in [0, 0.05) is 13.1 Å². The molecule has 1 aliphatic heterocycles. The molecule has 0 aromatic heterocycles. The fourth-order valence-corrected chi connectivity index (χ4v) is 3.73. The standard InChI is InChI=1S/C16H21ClN2O/c17-14-7-3-4-8-15(14)18-16(20)19-10-9-12-5-1-2-6-13(12)11-19/h3-4,7-8,12-13H,1-2,5-6,9-11H2,(H,18,20). The number of hydrogen-bond acceptors (Lipinski definition) is 1. The number of carbonyl (C=O) groups excluding carboxylic acids is 1. The molecular formula is C16H21ClN2O. The highest BCUT2D eigenvalue weighted by atomic mass is 35.5. The van der Waals surface area contributed by atoms with Crippen LogP contribution in [0.15, 0.2) is 24.3 Å². The van der Waals surface area contributed by atoms with E-state index in [2.05, 4.69) is 5.32 Å². The van der Waals surface area contributed by atoms with Gasteiger partial charge < -0.3 is 10.2 Å². The van der Waals surface area contributed by atoms with Crippen LogP contribution in [0, 0.1) is 11.8 Å². The minimum Gasteiger partial charge on any atom is -0.324 e. The van der Waals surface area contributed by atoms with Crippen molar-refractivity contribution in [1.82, 2.24) is 4.90 Å². The Kier molecular flexibility index (Phi) is 4.16. The molecular weight excluding hydrogens is 272 g/mol. The highest BCUT2D eigenvalue weighted by Gasteiger charge is 2.32. The first-order valence-corrected chi connectivity index (χ1v) is 7.92. The number of nitrogens with zero attached hydrogens (tertiary/aromatic N) is 1. The largest absolute Gasteiger partial charge is 0.324 e. The third-order valence-electron chi connectivity index (χ3n) is 4.69. The SMILES string of the molecule is O=C(Nc1ccccc1Cl)N1CCC2CCCCC2C1. The van der Waals surface area contributed by atoms with E-state index in [1.807, 2.05) is 23.1 Å². The summed E-state index contributed by atoms with van der Waals surface area (Å²) in [7, 11) is 0. The molecule has 3 rings (SSSR count). The molecule has 1 aromatic rings. The van der Waals surface area contributed by atoms with E-state index in [9.17, 15) is 4.79 Å². The molecule has 1 aliphatic carbocycles. The van der Waals surface area contributed by atoms with Crippen molar-refractivity contribution in [2.75, 3.05) is 18.4 Å². The lowest BCUT2D eigenvalue weighted by molar-refractivity contribution is 0.108. The van der Waals surface area contributed by atoms with Crippen molar-refractivity contribution >= 4 is 23.3 Å². The zero-order valence-corrected chi connectivity index (χ0v) is 12.4. The third-order valence-corrected chi connectivity index (χ3v) is 5.02. The molecule has 0 bridgehead atoms. The van der Waals surface area contributed by atoms with Gasteiger partial charge in [-0.1, -0.05) is 43.0 Å². The highest BCUT2D eigenvalue weighted by Crippen LogP contribution is 2.36. The number of anilines is 1. The second-order valence-corrected chi connectivity index (χ2v) is 6.36. The van der Waals surface area contributed by atoms with Crippen LogP contribution in [0.25, 0.3) is 0 Å². The van der Waals surface area contributed by atoms with Gasteiger partial charge in [-0.25, -0.2) is 4.79 Å². The highest BCUT2D eigenvalue weighted by molar-refractivity contribution is 6.33. The van der Waals surface area contributed by atoms with E-state index in [1.54, 1.807) is 6.07 Å². The zero-order chi connectivity index (χ0) is 13.9. The van der Waals surface area contributed by atoms with Gasteiger partial charge in [0.25, 0.3) is 0 Å². The van der Waals surface area contributed by atoms with Crippen molar-refractivity contribution in [2.45, 2.75) is 32.1 Å². The summed E-state index contributed by atoms with van der Waals surface area (Å²) in [6.45, 7) is 1.78. The number of rotatable bonds is 1. The van der Waals surface area contributed by atoms with Crippen LogP contribution in [0.3, 0.4) is 0 Å². The summed E-state index contributed by atoms with van der Waals surface area (Å²) in [4.78, 5) is 14.3. The molecule has 2 unspecified atom stereocenters. The third kappa shape index (κ3) is 2.93. The summed E-state index contributed by atoms with van der Waals surface area (Å²) in [5.74, 6) is 1.54. The summed E-state index contributed by atoms with van der Waals surface area (Å²) in [6, 6.07) is 7.38. The Hall–Kier alpha value is -1.22. The van der Waals surface area contributed by atoms with E-state index in [4.69, 9.17) is 11.6 Å². The van der Waals surface area contributed by atoms with E-state index in [1.165, 1.54) is 25.7 Å². The van der Waals surface area contributed by atoms with Crippen molar-refractivity contribution in [3.8, 4) is 0 Å². The summed E-state index contributed by atoms with van der Waals surface area (Å²) in [5, 5.41) is 3.52. The number of para-hydroxylation sites is 1. The van der Waals surface area contributed by atoms with Crippen molar-refractivity contribution in [3.05, 3.63) is 29.3 Å². The van der Waals surface area contributed by atoms with Gasteiger partial charge in [0.1, 0.15) is 0 Å². The number of fused-ring (bicyclic) bond motifs is 1. The van der Waals surface area contributed by atoms with Gasteiger partial charge in [0.2, 0.25) is 0 Å². The first-order valence-electron chi connectivity index (χ1n) is 7.54. The average molecular weight is 293 g/mol. The van der Waals surface area contributed by atoms with Gasteiger partial charge in [0.05, 0.1) is 10.7 Å². The maximum absolute atomic E-state index is 12.4. The van der Waals surface area contributed by atoms with Gasteiger partial charge in [-0.3, -0.25) is 0 Å². The molecule has 1 saturated carbocycles. The Balaban J connectivity index is 1.62. The van der Waals surface area contributed by atoms with E-state index in [0.29, 0.717) is 16.6 Å². The van der Waals surface area contributed by atoms with E-state index in [0.717, 1.165) is 25.4 Å². The predicted octanol–water partition coefficient (Wildman–Crippen LogP) is 4.38. The van der Waals surface area contributed by atoms with Crippen LogP contribution < -0.4 is 5.32 Å². The van der Waals surface area contributed by atoms with Crippen LogP contribution in [0.2, 0.25) is 5.02 Å². The quantitative estimate of drug-likeness (QED) is 0.818. The number of benzene rings is 1. The summed E-state index contributed by atoms with van der Waals surface area (Å²) in [5.41, 5.74) is 0.699.